The molecule has 2 aromatic carbocycles. The predicted octanol–water partition coefficient (Wildman–Crippen LogP) is 2.03. The van der Waals surface area contributed by atoms with E-state index in [1.165, 1.54) is 4.90 Å². The van der Waals surface area contributed by atoms with Gasteiger partial charge in [-0.3, -0.25) is 9.59 Å². The van der Waals surface area contributed by atoms with Crippen LogP contribution in [0.3, 0.4) is 0 Å². The minimum Gasteiger partial charge on any atom is -0.494 e. The maximum absolute atomic E-state index is 12.6. The zero-order valence-electron chi connectivity index (χ0n) is 15.6. The third-order valence-electron chi connectivity index (χ3n) is 4.67. The molecule has 0 aliphatic carbocycles. The number of carboxylic acids is 1. The molecule has 1 aliphatic heterocycles. The highest BCUT2D eigenvalue weighted by molar-refractivity contribution is 5.97. The molecule has 0 fully saturated rings. The number of hydrogen-bond acceptors (Lipinski definition) is 4. The number of rotatable bonds is 6. The molecular formula is C21H22N2O5. The molecule has 146 valence electrons. The number of fused-ring (bicyclic) bond motifs is 1. The number of hydrogen-bond donors (Lipinski definition) is 2. The van der Waals surface area contributed by atoms with Gasteiger partial charge in [0.25, 0.3) is 5.91 Å². The van der Waals surface area contributed by atoms with E-state index in [1.54, 1.807) is 36.4 Å². The van der Waals surface area contributed by atoms with Gasteiger partial charge in [0.15, 0.2) is 6.04 Å². The van der Waals surface area contributed by atoms with Crippen LogP contribution in [0, 0.1) is 0 Å². The Balaban J connectivity index is 1.65. The van der Waals surface area contributed by atoms with Crippen molar-refractivity contribution in [3.63, 3.8) is 0 Å². The SMILES string of the molecule is CCOc1ccc(C(=O)NCC(=O)N2CCc3ccccc3C2C(=O)O)cc1. The fraction of sp³-hybridized carbons (Fsp3) is 0.286. The summed E-state index contributed by atoms with van der Waals surface area (Å²) in [5.41, 5.74) is 1.94. The molecule has 0 radical (unpaired) electrons. The fourth-order valence-corrected chi connectivity index (χ4v) is 3.33. The second-order valence-corrected chi connectivity index (χ2v) is 6.42. The van der Waals surface area contributed by atoms with Gasteiger partial charge in [0.1, 0.15) is 5.75 Å². The molecule has 1 heterocycles. The number of ether oxygens (including phenoxy) is 1. The van der Waals surface area contributed by atoms with Gasteiger partial charge in [-0.1, -0.05) is 24.3 Å². The molecule has 7 heteroatoms. The van der Waals surface area contributed by atoms with E-state index in [2.05, 4.69) is 5.32 Å². The smallest absolute Gasteiger partial charge is 0.331 e. The summed E-state index contributed by atoms with van der Waals surface area (Å²) in [6.07, 6.45) is 0.582. The van der Waals surface area contributed by atoms with E-state index >= 15 is 0 Å². The van der Waals surface area contributed by atoms with Crippen LogP contribution in [0.5, 0.6) is 5.75 Å². The molecule has 2 aromatic rings. The monoisotopic (exact) mass is 382 g/mol. The highest BCUT2D eigenvalue weighted by Crippen LogP contribution is 2.29. The summed E-state index contributed by atoms with van der Waals surface area (Å²) in [5.74, 6) is -1.26. The van der Waals surface area contributed by atoms with Crippen LogP contribution in [0.25, 0.3) is 0 Å². The van der Waals surface area contributed by atoms with E-state index in [4.69, 9.17) is 4.74 Å². The number of carbonyl (C=O) groups is 3. The van der Waals surface area contributed by atoms with E-state index in [9.17, 15) is 19.5 Å². The van der Waals surface area contributed by atoms with Gasteiger partial charge in [-0.15, -0.1) is 0 Å². The average Bonchev–Trinajstić information content (AvgIpc) is 2.71. The predicted molar refractivity (Wildman–Crippen MR) is 102 cm³/mol. The van der Waals surface area contributed by atoms with Crippen molar-refractivity contribution in [2.24, 2.45) is 0 Å². The molecule has 2 amide bonds. The van der Waals surface area contributed by atoms with Crippen LogP contribution in [0.15, 0.2) is 48.5 Å². The molecule has 1 atom stereocenters. The van der Waals surface area contributed by atoms with E-state index < -0.39 is 23.8 Å². The Labute approximate surface area is 162 Å². The first-order valence-electron chi connectivity index (χ1n) is 9.12. The van der Waals surface area contributed by atoms with Gasteiger partial charge >= 0.3 is 5.97 Å². The van der Waals surface area contributed by atoms with Crippen LogP contribution in [0.4, 0.5) is 0 Å². The van der Waals surface area contributed by atoms with Crippen LogP contribution >= 0.6 is 0 Å². The minimum absolute atomic E-state index is 0.266. The zero-order chi connectivity index (χ0) is 20.1. The summed E-state index contributed by atoms with van der Waals surface area (Å²) in [7, 11) is 0. The molecule has 1 unspecified atom stereocenters. The number of carbonyl (C=O) groups excluding carboxylic acids is 2. The molecule has 0 aromatic heterocycles. The van der Waals surface area contributed by atoms with Gasteiger partial charge in [-0.25, -0.2) is 4.79 Å². The Bertz CT molecular complexity index is 879. The highest BCUT2D eigenvalue weighted by Gasteiger charge is 2.35. The van der Waals surface area contributed by atoms with E-state index in [0.717, 1.165) is 5.56 Å². The van der Waals surface area contributed by atoms with Gasteiger partial charge < -0.3 is 20.1 Å². The first kappa shape index (κ1) is 19.4. The number of aliphatic carboxylic acids is 1. The van der Waals surface area contributed by atoms with Crippen molar-refractivity contribution in [3.05, 3.63) is 65.2 Å². The number of nitrogens with one attached hydrogen (secondary N) is 1. The van der Waals surface area contributed by atoms with Crippen LogP contribution in [0.2, 0.25) is 0 Å². The molecule has 0 saturated heterocycles. The number of nitrogens with zero attached hydrogens (tertiary/aromatic N) is 1. The first-order valence-corrected chi connectivity index (χ1v) is 9.12. The number of carboxylic acid groups (broad SMARTS) is 1. The third kappa shape index (κ3) is 4.14. The fourth-order valence-electron chi connectivity index (χ4n) is 3.33. The van der Waals surface area contributed by atoms with Gasteiger partial charge in [0.2, 0.25) is 5.91 Å². The van der Waals surface area contributed by atoms with Gasteiger partial charge in [0.05, 0.1) is 13.2 Å². The van der Waals surface area contributed by atoms with E-state index in [-0.39, 0.29) is 6.54 Å². The standard InChI is InChI=1S/C21H22N2O5/c1-2-28-16-9-7-15(8-10-16)20(25)22-13-18(24)23-12-11-14-5-3-4-6-17(14)19(23)21(26)27/h3-10,19H,2,11-13H2,1H3,(H,22,25)(H,26,27). The Morgan fingerprint density at radius 3 is 2.54 bits per heavy atom. The van der Waals surface area contributed by atoms with Crippen molar-refractivity contribution >= 4 is 17.8 Å². The molecule has 7 nitrogen and oxygen atoms in total. The molecule has 0 spiro atoms. The second kappa shape index (κ2) is 8.56. The first-order chi connectivity index (χ1) is 13.5. The quantitative estimate of drug-likeness (QED) is 0.797. The van der Waals surface area contributed by atoms with E-state index in [0.29, 0.717) is 36.4 Å². The Kier molecular flexibility index (Phi) is 5.93. The number of amides is 2. The van der Waals surface area contributed by atoms with Crippen LogP contribution < -0.4 is 10.1 Å². The Morgan fingerprint density at radius 2 is 1.86 bits per heavy atom. The molecule has 1 aliphatic rings. The topological polar surface area (TPSA) is 95.9 Å². The number of benzene rings is 2. The second-order valence-electron chi connectivity index (χ2n) is 6.42. The molecule has 28 heavy (non-hydrogen) atoms. The normalized spacial score (nSPS) is 15.5. The average molecular weight is 382 g/mol. The largest absolute Gasteiger partial charge is 0.494 e. The summed E-state index contributed by atoms with van der Waals surface area (Å²) in [6, 6.07) is 12.8. The van der Waals surface area contributed by atoms with Crippen LogP contribution in [0.1, 0.15) is 34.5 Å². The minimum atomic E-state index is -1.08. The van der Waals surface area contributed by atoms with E-state index in [1.807, 2.05) is 19.1 Å². The Hall–Kier alpha value is -3.35. The summed E-state index contributed by atoms with van der Waals surface area (Å²) >= 11 is 0. The molecule has 0 bridgehead atoms. The zero-order valence-corrected chi connectivity index (χ0v) is 15.6. The van der Waals surface area contributed by atoms with Crippen molar-refractivity contribution in [3.8, 4) is 5.75 Å². The van der Waals surface area contributed by atoms with Gasteiger partial charge in [-0.05, 0) is 48.7 Å². The maximum atomic E-state index is 12.6. The molecule has 0 saturated carbocycles. The lowest BCUT2D eigenvalue weighted by molar-refractivity contribution is -0.150. The summed E-state index contributed by atoms with van der Waals surface area (Å²) in [6.45, 7) is 2.43. The van der Waals surface area contributed by atoms with Gasteiger partial charge in [0, 0.05) is 12.1 Å². The summed E-state index contributed by atoms with van der Waals surface area (Å²) in [4.78, 5) is 38.0. The lowest BCUT2D eigenvalue weighted by atomic mass is 9.92. The molecule has 2 N–H and O–H groups in total. The van der Waals surface area contributed by atoms with Crippen molar-refractivity contribution in [2.75, 3.05) is 19.7 Å². The lowest BCUT2D eigenvalue weighted by Crippen LogP contribution is -2.47. The molecular weight excluding hydrogens is 360 g/mol. The van der Waals surface area contributed by atoms with Crippen molar-refractivity contribution < 1.29 is 24.2 Å². The van der Waals surface area contributed by atoms with Crippen LogP contribution in [-0.2, 0) is 16.0 Å². The Morgan fingerprint density at radius 1 is 1.14 bits per heavy atom. The van der Waals surface area contributed by atoms with Crippen molar-refractivity contribution in [2.45, 2.75) is 19.4 Å². The third-order valence-corrected chi connectivity index (χ3v) is 4.67. The highest BCUT2D eigenvalue weighted by atomic mass is 16.5. The molecule has 3 rings (SSSR count). The van der Waals surface area contributed by atoms with Crippen molar-refractivity contribution in [1.82, 2.24) is 10.2 Å². The summed E-state index contributed by atoms with van der Waals surface area (Å²) in [5, 5.41) is 12.2. The lowest BCUT2D eigenvalue weighted by Gasteiger charge is -2.34. The maximum Gasteiger partial charge on any atom is 0.331 e. The summed E-state index contributed by atoms with van der Waals surface area (Å²) < 4.78 is 5.33. The van der Waals surface area contributed by atoms with Gasteiger partial charge in [-0.2, -0.15) is 0 Å². The van der Waals surface area contributed by atoms with Crippen LogP contribution in [-0.4, -0.2) is 47.5 Å². The van der Waals surface area contributed by atoms with Crippen molar-refractivity contribution in [1.29, 1.82) is 0 Å².